The third-order valence-corrected chi connectivity index (χ3v) is 24.5. The Morgan fingerprint density at radius 2 is 1.67 bits per heavy atom. The summed E-state index contributed by atoms with van der Waals surface area (Å²) in [4.78, 5) is 0. The second kappa shape index (κ2) is 16.2. The zero-order chi connectivity index (χ0) is 17.6. The highest BCUT2D eigenvalue weighted by Gasteiger charge is 2.17. The molecule has 4 aliphatic heterocycles. The average Bonchev–Trinajstić information content (AvgIpc) is 3.31. The van der Waals surface area contributed by atoms with Crippen molar-refractivity contribution in [3.05, 3.63) is 0 Å². The molecule has 0 aliphatic carbocycles. The minimum absolute atomic E-state index is 0.133. The predicted molar refractivity (Wildman–Crippen MR) is 140 cm³/mol. The fourth-order valence-electron chi connectivity index (χ4n) is 2.93. The number of hydrogen-bond acceptors (Lipinski definition) is 4. The Labute approximate surface area is 175 Å². The summed E-state index contributed by atoms with van der Waals surface area (Å²) in [5.41, 5.74) is 0. The molecule has 8 heteroatoms. The SMILES string of the molecule is C1C[SiH2]SC1.CC1CS[SiH](C)C1.CC1C[SiH2]SC1.C[SiH]1CCCS1. The molecular formula is C16H40S4Si4. The molecule has 0 nitrogen and oxygen atoms in total. The molecule has 4 atom stereocenters. The summed E-state index contributed by atoms with van der Waals surface area (Å²) < 4.78 is 0. The molecule has 0 bridgehead atoms. The summed E-state index contributed by atoms with van der Waals surface area (Å²) in [5, 5.41) is 0. The zero-order valence-electron chi connectivity index (χ0n) is 16.4. The second-order valence-electron chi connectivity index (χ2n) is 7.60. The van der Waals surface area contributed by atoms with Crippen molar-refractivity contribution in [3.8, 4) is 0 Å². The maximum atomic E-state index is 2.45. The molecule has 4 saturated heterocycles. The van der Waals surface area contributed by atoms with Gasteiger partial charge < -0.3 is 0 Å². The van der Waals surface area contributed by atoms with Gasteiger partial charge in [0.05, 0.1) is 33.2 Å². The fraction of sp³-hybridized carbons (Fsp3) is 1.00. The fourth-order valence-corrected chi connectivity index (χ4v) is 22.8. The molecule has 4 heterocycles. The van der Waals surface area contributed by atoms with E-state index in [0.717, 1.165) is 11.8 Å². The highest BCUT2D eigenvalue weighted by atomic mass is 32.4. The molecule has 4 fully saturated rings. The van der Waals surface area contributed by atoms with Crippen LogP contribution in [0.1, 0.15) is 26.7 Å². The largest absolute Gasteiger partial charge is 0.194 e. The van der Waals surface area contributed by atoms with Gasteiger partial charge in [0.1, 0.15) is 0 Å². The minimum atomic E-state index is -0.191. The van der Waals surface area contributed by atoms with Gasteiger partial charge in [0.2, 0.25) is 0 Å². The van der Waals surface area contributed by atoms with Crippen molar-refractivity contribution in [2.24, 2.45) is 11.8 Å². The van der Waals surface area contributed by atoms with E-state index in [1.54, 1.807) is 24.2 Å². The van der Waals surface area contributed by atoms with Gasteiger partial charge in [-0.3, -0.25) is 0 Å². The van der Waals surface area contributed by atoms with Gasteiger partial charge in [-0.15, -0.1) is 0 Å². The van der Waals surface area contributed by atoms with Crippen LogP contribution >= 0.6 is 44.8 Å². The van der Waals surface area contributed by atoms with Crippen LogP contribution in [-0.4, -0.2) is 56.2 Å². The van der Waals surface area contributed by atoms with Crippen molar-refractivity contribution in [1.29, 1.82) is 0 Å². The first-order valence-electron chi connectivity index (χ1n) is 9.96. The molecule has 0 aromatic heterocycles. The lowest BCUT2D eigenvalue weighted by molar-refractivity contribution is 0.756. The normalized spacial score (nSPS) is 36.5. The zero-order valence-corrected chi connectivity index (χ0v) is 24.8. The van der Waals surface area contributed by atoms with Gasteiger partial charge in [0.25, 0.3) is 0 Å². The van der Waals surface area contributed by atoms with Crippen molar-refractivity contribution >= 4 is 78.1 Å². The average molecular weight is 473 g/mol. The first kappa shape index (κ1) is 24.3. The maximum absolute atomic E-state index is 2.45. The van der Waals surface area contributed by atoms with Crippen LogP contribution in [0.25, 0.3) is 0 Å². The lowest BCUT2D eigenvalue weighted by Gasteiger charge is -1.93. The Morgan fingerprint density at radius 3 is 1.83 bits per heavy atom. The number of hydrogen-bond donors (Lipinski definition) is 0. The third kappa shape index (κ3) is 14.3. The monoisotopic (exact) mass is 472 g/mol. The highest BCUT2D eigenvalue weighted by Crippen LogP contribution is 2.28. The van der Waals surface area contributed by atoms with Crippen molar-refractivity contribution < 1.29 is 0 Å². The number of rotatable bonds is 0. The molecule has 0 aromatic rings. The summed E-state index contributed by atoms with van der Waals surface area (Å²) in [5.74, 6) is 7.98. The van der Waals surface area contributed by atoms with Crippen LogP contribution in [0.5, 0.6) is 0 Å². The van der Waals surface area contributed by atoms with E-state index in [9.17, 15) is 0 Å². The van der Waals surface area contributed by atoms with Gasteiger partial charge in [-0.1, -0.05) is 45.1 Å². The second-order valence-corrected chi connectivity index (χ2v) is 28.7. The van der Waals surface area contributed by atoms with Crippen LogP contribution in [-0.2, 0) is 0 Å². The van der Waals surface area contributed by atoms with E-state index < -0.39 is 0 Å². The highest BCUT2D eigenvalue weighted by molar-refractivity contribution is 8.26. The van der Waals surface area contributed by atoms with Crippen LogP contribution < -0.4 is 0 Å². The lowest BCUT2D eigenvalue weighted by atomic mass is 10.3. The predicted octanol–water partition coefficient (Wildman–Crippen LogP) is 4.70. The molecule has 0 aromatic carbocycles. The van der Waals surface area contributed by atoms with E-state index in [1.807, 2.05) is 0 Å². The van der Waals surface area contributed by atoms with E-state index in [-0.39, 0.29) is 15.9 Å². The van der Waals surface area contributed by atoms with Gasteiger partial charge in [0, 0.05) is 0 Å². The standard InChI is InChI=1S/C5H12SSi.2C4H10SSi.C3H8SSi/c1-5-3-6-7(2)4-5;1-4-2-5-6-3-4;1-6-4-2-3-5-6;1-2-4-5-3-1/h5,7H,3-4H2,1-2H3;4H,2-3,6H2,1H3;6H,2-4H2,1H3;1-3,5H2. The molecule has 4 unspecified atom stereocenters. The van der Waals surface area contributed by atoms with E-state index in [4.69, 9.17) is 0 Å². The topological polar surface area (TPSA) is 0 Å². The Morgan fingerprint density at radius 1 is 0.833 bits per heavy atom. The Kier molecular flexibility index (Phi) is 16.4. The van der Waals surface area contributed by atoms with E-state index in [1.165, 1.54) is 35.9 Å². The first-order valence-corrected chi connectivity index (χ1v) is 26.6. The van der Waals surface area contributed by atoms with Crippen LogP contribution in [0, 0.1) is 11.8 Å². The van der Waals surface area contributed by atoms with Crippen molar-refractivity contribution in [2.45, 2.75) is 64.0 Å². The molecule has 4 rings (SSSR count). The van der Waals surface area contributed by atoms with Crippen molar-refractivity contribution in [3.63, 3.8) is 0 Å². The summed E-state index contributed by atoms with van der Waals surface area (Å²) >= 11 is 8.91. The van der Waals surface area contributed by atoms with Crippen LogP contribution in [0.4, 0.5) is 0 Å². The minimum Gasteiger partial charge on any atom is -0.194 e. The molecule has 24 heavy (non-hydrogen) atoms. The summed E-state index contributed by atoms with van der Waals surface area (Å²) in [7, 11) is 0.549. The van der Waals surface area contributed by atoms with Gasteiger partial charge in [-0.2, -0.15) is 44.8 Å². The molecule has 0 radical (unpaired) electrons. The lowest BCUT2D eigenvalue weighted by Crippen LogP contribution is -1.94. The Balaban J connectivity index is 0.000000161. The van der Waals surface area contributed by atoms with Gasteiger partial charge in [-0.25, -0.2) is 0 Å². The summed E-state index contributed by atoms with van der Waals surface area (Å²) in [6.45, 7) is 9.61. The Hall–Kier alpha value is 2.27. The first-order chi connectivity index (χ1) is 11.6. The van der Waals surface area contributed by atoms with Gasteiger partial charge in [-0.05, 0) is 53.7 Å². The Bertz CT molecular complexity index is 254. The quantitative estimate of drug-likeness (QED) is 0.468. The molecule has 0 saturated carbocycles. The van der Waals surface area contributed by atoms with Gasteiger partial charge >= 0.3 is 0 Å². The maximum Gasteiger partial charge on any atom is 0.0985 e. The van der Waals surface area contributed by atoms with E-state index in [2.05, 4.69) is 71.8 Å². The van der Waals surface area contributed by atoms with Crippen LogP contribution in [0.3, 0.4) is 0 Å². The summed E-state index contributed by atoms with van der Waals surface area (Å²) in [6, 6.07) is 6.35. The molecule has 0 amide bonds. The van der Waals surface area contributed by atoms with Crippen LogP contribution in [0.15, 0.2) is 0 Å². The molecule has 4 aliphatic rings. The van der Waals surface area contributed by atoms with Gasteiger partial charge in [0.15, 0.2) is 0 Å². The van der Waals surface area contributed by atoms with Crippen molar-refractivity contribution in [1.82, 2.24) is 0 Å². The van der Waals surface area contributed by atoms with E-state index in [0.29, 0.717) is 17.3 Å². The van der Waals surface area contributed by atoms with E-state index >= 15 is 0 Å². The van der Waals surface area contributed by atoms with Crippen molar-refractivity contribution in [2.75, 3.05) is 23.0 Å². The molecule has 144 valence electrons. The smallest absolute Gasteiger partial charge is 0.0985 e. The third-order valence-electron chi connectivity index (χ3n) is 4.54. The molecule has 0 spiro atoms. The summed E-state index contributed by atoms with van der Waals surface area (Å²) in [6.07, 6.45) is 3.04. The molecular weight excluding hydrogens is 433 g/mol. The molecule has 0 N–H and O–H groups in total. The van der Waals surface area contributed by atoms with Crippen LogP contribution in [0.2, 0.25) is 37.3 Å².